The molecule has 1 heterocycles. The summed E-state index contributed by atoms with van der Waals surface area (Å²) in [7, 11) is 0. The Hall–Kier alpha value is -0.830. The minimum Gasteiger partial charge on any atom is -0.330 e. The Labute approximate surface area is 78.9 Å². The van der Waals surface area contributed by atoms with Gasteiger partial charge in [0.25, 0.3) is 0 Å². The highest BCUT2D eigenvalue weighted by Crippen LogP contribution is 2.31. The van der Waals surface area contributed by atoms with E-state index in [0.717, 1.165) is 13.0 Å². The van der Waals surface area contributed by atoms with Crippen molar-refractivity contribution in [3.8, 4) is 0 Å². The molecule has 0 aromatic carbocycles. The molecule has 2 N–H and O–H groups in total. The zero-order valence-corrected chi connectivity index (χ0v) is 8.33. The van der Waals surface area contributed by atoms with Gasteiger partial charge in [0.05, 0.1) is 5.69 Å². The van der Waals surface area contributed by atoms with Crippen LogP contribution in [0.25, 0.3) is 0 Å². The van der Waals surface area contributed by atoms with Crippen molar-refractivity contribution in [3.05, 3.63) is 17.5 Å². The van der Waals surface area contributed by atoms with Gasteiger partial charge in [0.1, 0.15) is 0 Å². The van der Waals surface area contributed by atoms with E-state index in [0.29, 0.717) is 12.0 Å². The SMILES string of the molecule is CC(C)n1cc2c(n1)C(CN)CC2. The second-order valence-corrected chi connectivity index (χ2v) is 4.08. The van der Waals surface area contributed by atoms with Gasteiger partial charge in [0.2, 0.25) is 0 Å². The van der Waals surface area contributed by atoms with Gasteiger partial charge in [-0.3, -0.25) is 4.68 Å². The molecule has 1 aliphatic carbocycles. The first kappa shape index (κ1) is 8.75. The predicted molar refractivity (Wildman–Crippen MR) is 52.7 cm³/mol. The molecule has 0 fully saturated rings. The first-order valence-electron chi connectivity index (χ1n) is 5.00. The van der Waals surface area contributed by atoms with Crippen LogP contribution >= 0.6 is 0 Å². The molecule has 72 valence electrons. The van der Waals surface area contributed by atoms with Gasteiger partial charge in [-0.1, -0.05) is 0 Å². The number of hydrogen-bond donors (Lipinski definition) is 1. The summed E-state index contributed by atoms with van der Waals surface area (Å²) in [6.07, 6.45) is 4.52. The first-order chi connectivity index (χ1) is 6.22. The standard InChI is InChI=1S/C10H17N3/c1-7(2)13-6-9-4-3-8(5-11)10(9)12-13/h6-8H,3-5,11H2,1-2H3. The van der Waals surface area contributed by atoms with Gasteiger partial charge < -0.3 is 5.73 Å². The molecule has 1 atom stereocenters. The van der Waals surface area contributed by atoms with Crippen LogP contribution in [0.15, 0.2) is 6.20 Å². The predicted octanol–water partition coefficient (Wildman–Crippen LogP) is 1.45. The van der Waals surface area contributed by atoms with Gasteiger partial charge in [-0.25, -0.2) is 0 Å². The summed E-state index contributed by atoms with van der Waals surface area (Å²) >= 11 is 0. The average Bonchev–Trinajstić information content (AvgIpc) is 2.60. The minimum absolute atomic E-state index is 0.462. The molecular weight excluding hydrogens is 162 g/mol. The summed E-state index contributed by atoms with van der Waals surface area (Å²) in [6, 6.07) is 0.462. The molecule has 1 aromatic heterocycles. The Morgan fingerprint density at radius 1 is 1.69 bits per heavy atom. The molecule has 2 rings (SSSR count). The van der Waals surface area contributed by atoms with Crippen molar-refractivity contribution >= 4 is 0 Å². The van der Waals surface area contributed by atoms with Crippen molar-refractivity contribution in [1.29, 1.82) is 0 Å². The Balaban J connectivity index is 2.31. The monoisotopic (exact) mass is 179 g/mol. The molecule has 0 saturated heterocycles. The van der Waals surface area contributed by atoms with E-state index in [1.807, 2.05) is 4.68 Å². The van der Waals surface area contributed by atoms with E-state index in [9.17, 15) is 0 Å². The van der Waals surface area contributed by atoms with E-state index in [4.69, 9.17) is 5.73 Å². The van der Waals surface area contributed by atoms with Crippen LogP contribution in [0.3, 0.4) is 0 Å². The van der Waals surface area contributed by atoms with Gasteiger partial charge in [-0.05, 0) is 32.3 Å². The molecule has 1 aliphatic rings. The first-order valence-corrected chi connectivity index (χ1v) is 5.00. The number of aryl methyl sites for hydroxylation is 1. The maximum Gasteiger partial charge on any atom is 0.0700 e. The quantitative estimate of drug-likeness (QED) is 0.746. The fourth-order valence-corrected chi connectivity index (χ4v) is 1.94. The number of rotatable bonds is 2. The number of aromatic nitrogens is 2. The maximum absolute atomic E-state index is 5.68. The smallest absolute Gasteiger partial charge is 0.0700 e. The van der Waals surface area contributed by atoms with Crippen LogP contribution in [-0.4, -0.2) is 16.3 Å². The normalized spacial score (nSPS) is 21.1. The molecule has 0 amide bonds. The highest BCUT2D eigenvalue weighted by Gasteiger charge is 2.25. The Bertz CT molecular complexity index is 301. The van der Waals surface area contributed by atoms with Gasteiger partial charge in [-0.2, -0.15) is 5.10 Å². The lowest BCUT2D eigenvalue weighted by molar-refractivity contribution is 0.513. The van der Waals surface area contributed by atoms with Crippen LogP contribution in [0.1, 0.15) is 43.5 Å². The highest BCUT2D eigenvalue weighted by atomic mass is 15.3. The lowest BCUT2D eigenvalue weighted by Crippen LogP contribution is -2.11. The third-order valence-electron chi connectivity index (χ3n) is 2.80. The number of fused-ring (bicyclic) bond motifs is 1. The lowest BCUT2D eigenvalue weighted by atomic mass is 10.1. The molecule has 0 aliphatic heterocycles. The van der Waals surface area contributed by atoms with Crippen LogP contribution < -0.4 is 5.73 Å². The van der Waals surface area contributed by atoms with Gasteiger partial charge in [0, 0.05) is 24.7 Å². The molecule has 1 aromatic rings. The van der Waals surface area contributed by atoms with E-state index in [1.165, 1.54) is 17.7 Å². The van der Waals surface area contributed by atoms with E-state index in [-0.39, 0.29) is 0 Å². The third kappa shape index (κ3) is 1.37. The van der Waals surface area contributed by atoms with E-state index >= 15 is 0 Å². The lowest BCUT2D eigenvalue weighted by Gasteiger charge is -2.07. The van der Waals surface area contributed by atoms with Crippen LogP contribution in [0, 0.1) is 0 Å². The Kier molecular flexibility index (Phi) is 2.12. The second-order valence-electron chi connectivity index (χ2n) is 4.08. The summed E-state index contributed by atoms with van der Waals surface area (Å²) < 4.78 is 2.05. The molecule has 3 heteroatoms. The van der Waals surface area contributed by atoms with E-state index < -0.39 is 0 Å². The van der Waals surface area contributed by atoms with Gasteiger partial charge in [-0.15, -0.1) is 0 Å². The van der Waals surface area contributed by atoms with E-state index in [1.54, 1.807) is 0 Å². The van der Waals surface area contributed by atoms with Crippen molar-refractivity contribution < 1.29 is 0 Å². The van der Waals surface area contributed by atoms with Crippen LogP contribution in [0.4, 0.5) is 0 Å². The topological polar surface area (TPSA) is 43.8 Å². The Morgan fingerprint density at radius 2 is 2.46 bits per heavy atom. The molecule has 0 spiro atoms. The van der Waals surface area contributed by atoms with E-state index in [2.05, 4.69) is 25.1 Å². The second kappa shape index (κ2) is 3.14. The highest BCUT2D eigenvalue weighted by molar-refractivity contribution is 5.27. The summed E-state index contributed by atoms with van der Waals surface area (Å²) in [5, 5.41) is 4.58. The van der Waals surface area contributed by atoms with Crippen molar-refractivity contribution in [2.45, 2.75) is 38.6 Å². The molecular formula is C10H17N3. The number of nitrogens with zero attached hydrogens (tertiary/aromatic N) is 2. The van der Waals surface area contributed by atoms with Crippen molar-refractivity contribution in [3.63, 3.8) is 0 Å². The van der Waals surface area contributed by atoms with Crippen molar-refractivity contribution in [2.24, 2.45) is 5.73 Å². The largest absolute Gasteiger partial charge is 0.330 e. The van der Waals surface area contributed by atoms with Crippen LogP contribution in [-0.2, 0) is 6.42 Å². The summed E-state index contributed by atoms with van der Waals surface area (Å²) in [4.78, 5) is 0. The Morgan fingerprint density at radius 3 is 3.08 bits per heavy atom. The van der Waals surface area contributed by atoms with Crippen molar-refractivity contribution in [2.75, 3.05) is 6.54 Å². The summed E-state index contributed by atoms with van der Waals surface area (Å²) in [5.74, 6) is 0.509. The molecule has 0 saturated carbocycles. The molecule has 0 bridgehead atoms. The summed E-state index contributed by atoms with van der Waals surface area (Å²) in [5.41, 5.74) is 8.34. The summed E-state index contributed by atoms with van der Waals surface area (Å²) in [6.45, 7) is 5.04. The van der Waals surface area contributed by atoms with Crippen LogP contribution in [0.5, 0.6) is 0 Å². The fourth-order valence-electron chi connectivity index (χ4n) is 1.94. The molecule has 13 heavy (non-hydrogen) atoms. The number of nitrogens with two attached hydrogens (primary N) is 1. The molecule has 3 nitrogen and oxygen atoms in total. The minimum atomic E-state index is 0.462. The molecule has 1 unspecified atom stereocenters. The molecule has 0 radical (unpaired) electrons. The third-order valence-corrected chi connectivity index (χ3v) is 2.80. The number of hydrogen-bond acceptors (Lipinski definition) is 2. The van der Waals surface area contributed by atoms with Gasteiger partial charge in [0.15, 0.2) is 0 Å². The zero-order valence-electron chi connectivity index (χ0n) is 8.33. The van der Waals surface area contributed by atoms with Crippen molar-refractivity contribution in [1.82, 2.24) is 9.78 Å². The van der Waals surface area contributed by atoms with Gasteiger partial charge >= 0.3 is 0 Å². The van der Waals surface area contributed by atoms with Crippen LogP contribution in [0.2, 0.25) is 0 Å². The average molecular weight is 179 g/mol. The fraction of sp³-hybridized carbons (Fsp3) is 0.700. The zero-order chi connectivity index (χ0) is 9.42. The maximum atomic E-state index is 5.68.